The zero-order chi connectivity index (χ0) is 19.8. The summed E-state index contributed by atoms with van der Waals surface area (Å²) >= 11 is 6.39. The van der Waals surface area contributed by atoms with E-state index in [1.807, 2.05) is 18.9 Å². The van der Waals surface area contributed by atoms with Crippen LogP contribution in [0.4, 0.5) is 10.1 Å². The number of piperazine rings is 1. The Morgan fingerprint density at radius 2 is 1.96 bits per heavy atom. The van der Waals surface area contributed by atoms with Crippen molar-refractivity contribution in [3.63, 3.8) is 0 Å². The monoisotopic (exact) mass is 412 g/mol. The quantitative estimate of drug-likeness (QED) is 0.612. The van der Waals surface area contributed by atoms with E-state index in [1.54, 1.807) is 7.05 Å². The molecule has 3 aliphatic heterocycles. The van der Waals surface area contributed by atoms with E-state index in [0.717, 1.165) is 6.54 Å². The van der Waals surface area contributed by atoms with Gasteiger partial charge in [0.05, 0.1) is 33.0 Å². The predicted octanol–water partition coefficient (Wildman–Crippen LogP) is 2.25. The Balaban J connectivity index is 2.13. The Morgan fingerprint density at radius 3 is 2.63 bits per heavy atom. The molecule has 1 aromatic carbocycles. The minimum Gasteiger partial charge on any atom is -0.347 e. The Morgan fingerprint density at radius 1 is 1.30 bits per heavy atom. The molecule has 2 atom stereocenters. The Hall–Kier alpha value is -1.64. The van der Waals surface area contributed by atoms with Gasteiger partial charge < -0.3 is 14.7 Å². The van der Waals surface area contributed by atoms with E-state index in [4.69, 9.17) is 11.6 Å². The van der Waals surface area contributed by atoms with E-state index >= 15 is 4.39 Å². The molecule has 0 spiro atoms. The van der Waals surface area contributed by atoms with Crippen molar-refractivity contribution in [1.82, 2.24) is 9.80 Å². The average Bonchev–Trinajstić information content (AvgIpc) is 2.64. The van der Waals surface area contributed by atoms with Crippen molar-refractivity contribution in [2.24, 2.45) is 4.99 Å². The second kappa shape index (κ2) is 5.93. The molecule has 1 aromatic rings. The van der Waals surface area contributed by atoms with E-state index in [2.05, 4.69) is 16.5 Å². The minimum absolute atomic E-state index is 0.0135. The van der Waals surface area contributed by atoms with Gasteiger partial charge in [-0.15, -0.1) is 0 Å². The number of sulfone groups is 1. The van der Waals surface area contributed by atoms with Crippen molar-refractivity contribution in [1.29, 1.82) is 0 Å². The SMILES string of the molecule is C=C1N=C2c3c(c(F)c(C)c(Cl)c3S(=O)(=O)CC3CN(C)CC(C)N23)N1C. The molecule has 0 radical (unpaired) electrons. The first-order valence-electron chi connectivity index (χ1n) is 8.77. The van der Waals surface area contributed by atoms with Crippen LogP contribution in [0, 0.1) is 12.7 Å². The van der Waals surface area contributed by atoms with Gasteiger partial charge in [-0.3, -0.25) is 0 Å². The zero-order valence-electron chi connectivity index (χ0n) is 15.8. The van der Waals surface area contributed by atoms with Crippen LogP contribution in [-0.2, 0) is 9.84 Å². The van der Waals surface area contributed by atoms with Gasteiger partial charge in [-0.05, 0) is 20.9 Å². The van der Waals surface area contributed by atoms with Crippen molar-refractivity contribution < 1.29 is 12.8 Å². The first kappa shape index (κ1) is 18.7. The van der Waals surface area contributed by atoms with Crippen LogP contribution in [0.25, 0.3) is 0 Å². The van der Waals surface area contributed by atoms with Crippen LogP contribution in [-0.4, -0.2) is 69.1 Å². The van der Waals surface area contributed by atoms with Gasteiger partial charge in [0.1, 0.15) is 11.7 Å². The molecule has 2 unspecified atom stereocenters. The smallest absolute Gasteiger partial charge is 0.182 e. The lowest BCUT2D eigenvalue weighted by atomic mass is 10.0. The number of anilines is 1. The fraction of sp³-hybridized carbons (Fsp3) is 0.500. The number of benzene rings is 1. The summed E-state index contributed by atoms with van der Waals surface area (Å²) in [5.74, 6) is 0.197. The number of hydrogen-bond acceptors (Lipinski definition) is 6. The van der Waals surface area contributed by atoms with E-state index in [1.165, 1.54) is 11.8 Å². The first-order valence-corrected chi connectivity index (χ1v) is 10.8. The number of likely N-dealkylation sites (N-methyl/N-ethyl adjacent to an activating group) is 1. The summed E-state index contributed by atoms with van der Waals surface area (Å²) < 4.78 is 41.9. The van der Waals surface area contributed by atoms with E-state index in [0.29, 0.717) is 18.2 Å². The molecule has 3 heterocycles. The van der Waals surface area contributed by atoms with Gasteiger partial charge in [-0.25, -0.2) is 17.8 Å². The largest absolute Gasteiger partial charge is 0.347 e. The van der Waals surface area contributed by atoms with E-state index in [9.17, 15) is 8.42 Å². The number of amidine groups is 1. The topological polar surface area (TPSA) is 56.2 Å². The van der Waals surface area contributed by atoms with Gasteiger partial charge >= 0.3 is 0 Å². The number of hydrogen-bond donors (Lipinski definition) is 0. The Kier molecular flexibility index (Phi) is 4.11. The van der Waals surface area contributed by atoms with Crippen LogP contribution in [0.2, 0.25) is 5.02 Å². The Bertz CT molecular complexity index is 1010. The molecule has 146 valence electrons. The van der Waals surface area contributed by atoms with Gasteiger partial charge in [0.2, 0.25) is 0 Å². The zero-order valence-corrected chi connectivity index (χ0v) is 17.3. The van der Waals surface area contributed by atoms with Crippen LogP contribution in [0.15, 0.2) is 22.3 Å². The lowest BCUT2D eigenvalue weighted by Crippen LogP contribution is -2.60. The molecule has 9 heteroatoms. The summed E-state index contributed by atoms with van der Waals surface area (Å²) in [6.45, 7) is 8.79. The van der Waals surface area contributed by atoms with Crippen LogP contribution < -0.4 is 4.90 Å². The minimum atomic E-state index is -3.74. The number of rotatable bonds is 0. The van der Waals surface area contributed by atoms with Crippen LogP contribution in [0.1, 0.15) is 18.1 Å². The maximum atomic E-state index is 15.2. The second-order valence-corrected chi connectivity index (χ2v) is 9.98. The van der Waals surface area contributed by atoms with Crippen molar-refractivity contribution in [2.45, 2.75) is 30.8 Å². The first-order chi connectivity index (χ1) is 12.5. The lowest BCUT2D eigenvalue weighted by Gasteiger charge is -2.46. The molecule has 1 fully saturated rings. The molecule has 0 aliphatic carbocycles. The molecule has 6 nitrogen and oxygen atoms in total. The second-order valence-electron chi connectivity index (χ2n) is 7.63. The average molecular weight is 413 g/mol. The van der Waals surface area contributed by atoms with Gasteiger partial charge in [0, 0.05) is 31.7 Å². The summed E-state index contributed by atoms with van der Waals surface area (Å²) in [6.07, 6.45) is 0. The Labute approximate surface area is 163 Å². The van der Waals surface area contributed by atoms with Crippen molar-refractivity contribution >= 4 is 33.0 Å². The van der Waals surface area contributed by atoms with Crippen LogP contribution in [0.3, 0.4) is 0 Å². The molecule has 4 rings (SSSR count). The molecular weight excluding hydrogens is 391 g/mol. The molecule has 0 saturated carbocycles. The highest BCUT2D eigenvalue weighted by atomic mass is 35.5. The van der Waals surface area contributed by atoms with Gasteiger partial charge in [0.15, 0.2) is 15.7 Å². The highest BCUT2D eigenvalue weighted by molar-refractivity contribution is 7.91. The number of fused-ring (bicyclic) bond motifs is 2. The highest BCUT2D eigenvalue weighted by Gasteiger charge is 2.46. The van der Waals surface area contributed by atoms with Crippen LogP contribution >= 0.6 is 11.6 Å². The van der Waals surface area contributed by atoms with E-state index in [-0.39, 0.29) is 44.6 Å². The highest BCUT2D eigenvalue weighted by Crippen LogP contribution is 2.45. The molecular formula is C18H22ClFN4O2S. The maximum Gasteiger partial charge on any atom is 0.182 e. The summed E-state index contributed by atoms with van der Waals surface area (Å²) in [5, 5.41) is -0.0549. The molecule has 3 aliphatic rings. The maximum absolute atomic E-state index is 15.2. The summed E-state index contributed by atoms with van der Waals surface area (Å²) in [6, 6.07) is -0.278. The van der Waals surface area contributed by atoms with Crippen molar-refractivity contribution in [3.05, 3.63) is 34.4 Å². The third-order valence-electron chi connectivity index (χ3n) is 5.64. The number of nitrogens with zero attached hydrogens (tertiary/aromatic N) is 4. The fourth-order valence-corrected chi connectivity index (χ4v) is 6.82. The normalized spacial score (nSPS) is 27.0. The standard InChI is InChI=1S/C18H22ClFN4O2S/c1-9-6-22(4)7-12-8-27(25,26)17-13-16(15(20)10(2)14(17)19)23(5)11(3)21-18(13)24(9)12/h9,12H,3,6-8H2,1-2,4-5H3. The summed E-state index contributed by atoms with van der Waals surface area (Å²) in [4.78, 5) is 10.2. The van der Waals surface area contributed by atoms with Gasteiger partial charge in [-0.2, -0.15) is 0 Å². The fourth-order valence-electron chi connectivity index (χ4n) is 4.43. The predicted molar refractivity (Wildman–Crippen MR) is 105 cm³/mol. The van der Waals surface area contributed by atoms with Gasteiger partial charge in [-0.1, -0.05) is 18.2 Å². The number of aliphatic imine (C=N–C) groups is 1. The molecule has 0 bridgehead atoms. The molecule has 0 aromatic heterocycles. The third-order valence-corrected chi connectivity index (χ3v) is 8.08. The van der Waals surface area contributed by atoms with Crippen molar-refractivity contribution in [2.75, 3.05) is 37.8 Å². The van der Waals surface area contributed by atoms with E-state index < -0.39 is 15.7 Å². The van der Waals surface area contributed by atoms with Crippen LogP contribution in [0.5, 0.6) is 0 Å². The summed E-state index contributed by atoms with van der Waals surface area (Å²) in [5.41, 5.74) is 0.564. The molecule has 1 saturated heterocycles. The molecule has 27 heavy (non-hydrogen) atoms. The molecule has 0 amide bonds. The number of halogens is 2. The summed E-state index contributed by atoms with van der Waals surface area (Å²) in [7, 11) is -0.138. The van der Waals surface area contributed by atoms with Gasteiger partial charge in [0.25, 0.3) is 0 Å². The van der Waals surface area contributed by atoms with Crippen molar-refractivity contribution in [3.8, 4) is 0 Å². The molecule has 0 N–H and O–H groups in total. The lowest BCUT2D eigenvalue weighted by molar-refractivity contribution is 0.115. The third kappa shape index (κ3) is 2.53.